The number of ketones is 1. The van der Waals surface area contributed by atoms with Gasteiger partial charge in [-0.3, -0.25) is 4.79 Å². The smallest absolute Gasteiger partial charge is 0.212 e. The molecule has 0 unspecified atom stereocenters. The molecule has 0 radical (unpaired) electrons. The number of pyridine rings is 1. The van der Waals surface area contributed by atoms with Gasteiger partial charge >= 0.3 is 0 Å². The van der Waals surface area contributed by atoms with Crippen LogP contribution in [0.5, 0.6) is 0 Å². The van der Waals surface area contributed by atoms with E-state index in [1.54, 1.807) is 6.08 Å². The zero-order valence-electron chi connectivity index (χ0n) is 18.2. The van der Waals surface area contributed by atoms with Gasteiger partial charge in [0.05, 0.1) is 16.5 Å². The van der Waals surface area contributed by atoms with E-state index in [0.717, 1.165) is 27.9 Å². The molecule has 0 fully saturated rings. The Morgan fingerprint density at radius 1 is 1.00 bits per heavy atom. The second kappa shape index (κ2) is 6.67. The fourth-order valence-corrected chi connectivity index (χ4v) is 4.78. The molecule has 0 bridgehead atoms. The first-order valence-corrected chi connectivity index (χ1v) is 10.4. The summed E-state index contributed by atoms with van der Waals surface area (Å²) in [4.78, 5) is 15.1. The first kappa shape index (κ1) is 19.3. The third-order valence-electron chi connectivity index (χ3n) is 6.59. The number of hydrogen-bond acceptors (Lipinski definition) is 3. The van der Waals surface area contributed by atoms with Gasteiger partial charge in [-0.2, -0.15) is 0 Å². The van der Waals surface area contributed by atoms with Gasteiger partial charge in [-0.1, -0.05) is 44.2 Å². The number of anilines is 1. The van der Waals surface area contributed by atoms with E-state index in [-0.39, 0.29) is 17.0 Å². The van der Waals surface area contributed by atoms with Crippen LogP contribution < -0.4 is 9.47 Å². The molecule has 0 saturated heterocycles. The van der Waals surface area contributed by atoms with Gasteiger partial charge in [0.25, 0.3) is 0 Å². The number of rotatable bonds is 2. The molecular weight excluding hydrogens is 384 g/mol. The Morgan fingerprint density at radius 2 is 1.71 bits per heavy atom. The van der Waals surface area contributed by atoms with E-state index in [4.69, 9.17) is 0 Å². The Kier molecular flexibility index (Phi) is 4.16. The molecule has 2 aliphatic rings. The summed E-state index contributed by atoms with van der Waals surface area (Å²) < 4.78 is 2.04. The van der Waals surface area contributed by atoms with Crippen LogP contribution in [-0.4, -0.2) is 17.9 Å². The van der Waals surface area contributed by atoms with Gasteiger partial charge in [-0.05, 0) is 35.4 Å². The van der Waals surface area contributed by atoms with Crippen LogP contribution in [0.25, 0.3) is 17.0 Å². The van der Waals surface area contributed by atoms with Gasteiger partial charge in [0, 0.05) is 36.0 Å². The summed E-state index contributed by atoms with van der Waals surface area (Å²) in [7, 11) is 4.00. The Balaban J connectivity index is 1.57. The van der Waals surface area contributed by atoms with Crippen molar-refractivity contribution in [3.63, 3.8) is 0 Å². The SMILES string of the molecule is CN1/C(=C\C2=C(O)C(=Cc3cc[n+](C)c4ccccc34)C2=O)C(C)(C)c2ccccc21. The zero-order chi connectivity index (χ0) is 21.9. The van der Waals surface area contributed by atoms with E-state index in [9.17, 15) is 9.90 Å². The standard InChI is InChI=1S/C27H24N2O2/c1-27(2)21-10-6-8-12-23(21)29(4)24(27)16-20-25(30)19(26(20)31)15-17-13-14-28(3)22-11-7-5-9-18(17)22/h5-16H,1-4H3/p+1. The summed E-state index contributed by atoms with van der Waals surface area (Å²) in [6.07, 6.45) is 5.60. The summed E-state index contributed by atoms with van der Waals surface area (Å²) in [6.45, 7) is 4.30. The molecule has 5 rings (SSSR count). The number of Topliss-reactive ketones (excluding diaryl/α,β-unsaturated/α-hetero) is 1. The predicted molar refractivity (Wildman–Crippen MR) is 124 cm³/mol. The molecule has 0 atom stereocenters. The number of aryl methyl sites for hydroxylation is 1. The van der Waals surface area contributed by atoms with Crippen LogP contribution in [0, 0.1) is 0 Å². The molecule has 2 heterocycles. The van der Waals surface area contributed by atoms with Crippen molar-refractivity contribution in [1.29, 1.82) is 0 Å². The summed E-state index contributed by atoms with van der Waals surface area (Å²) in [5, 5.41) is 11.8. The molecule has 1 N–H and O–H groups in total. The maximum atomic E-state index is 13.0. The number of para-hydroxylation sites is 2. The van der Waals surface area contributed by atoms with Gasteiger partial charge in [0.2, 0.25) is 11.3 Å². The average Bonchev–Trinajstić information content (AvgIpc) is 2.97. The number of aromatic nitrogens is 1. The molecule has 3 aromatic rings. The number of carbonyl (C=O) groups is 1. The molecule has 2 aromatic carbocycles. The fourth-order valence-electron chi connectivity index (χ4n) is 4.78. The van der Waals surface area contributed by atoms with Crippen molar-refractivity contribution in [1.82, 2.24) is 0 Å². The highest BCUT2D eigenvalue weighted by molar-refractivity contribution is 6.23. The lowest BCUT2D eigenvalue weighted by atomic mass is 9.80. The topological polar surface area (TPSA) is 44.4 Å². The number of allylic oxidation sites excluding steroid dienone is 4. The second-order valence-electron chi connectivity index (χ2n) is 8.78. The molecule has 1 aromatic heterocycles. The highest BCUT2D eigenvalue weighted by Crippen LogP contribution is 2.48. The normalized spacial score (nSPS) is 20.0. The minimum absolute atomic E-state index is 0.0648. The highest BCUT2D eigenvalue weighted by atomic mass is 16.3. The van der Waals surface area contributed by atoms with Crippen molar-refractivity contribution in [3.8, 4) is 0 Å². The fraction of sp³-hybridized carbons (Fsp3) is 0.185. The van der Waals surface area contributed by atoms with E-state index >= 15 is 0 Å². The largest absolute Gasteiger partial charge is 0.506 e. The first-order valence-electron chi connectivity index (χ1n) is 10.4. The van der Waals surface area contributed by atoms with E-state index < -0.39 is 0 Å². The van der Waals surface area contributed by atoms with Crippen molar-refractivity contribution < 1.29 is 14.5 Å². The lowest BCUT2D eigenvalue weighted by Crippen LogP contribution is -2.28. The third kappa shape index (κ3) is 2.75. The lowest BCUT2D eigenvalue weighted by molar-refractivity contribution is -0.644. The van der Waals surface area contributed by atoms with E-state index in [1.807, 2.05) is 73.4 Å². The minimum atomic E-state index is -0.247. The molecule has 1 aliphatic carbocycles. The molecular formula is C27H25N2O2+. The Bertz CT molecular complexity index is 1360. The molecule has 4 nitrogen and oxygen atoms in total. The van der Waals surface area contributed by atoms with Gasteiger partial charge in [0.15, 0.2) is 6.20 Å². The molecule has 4 heteroatoms. The van der Waals surface area contributed by atoms with Gasteiger partial charge in [-0.15, -0.1) is 0 Å². The number of aliphatic hydroxyl groups is 1. The number of hydrogen-bond donors (Lipinski definition) is 1. The number of likely N-dealkylation sites (N-methyl/N-ethyl adjacent to an activating group) is 1. The molecule has 154 valence electrons. The van der Waals surface area contributed by atoms with Crippen LogP contribution in [-0.2, 0) is 17.3 Å². The maximum absolute atomic E-state index is 13.0. The first-order chi connectivity index (χ1) is 14.8. The number of fused-ring (bicyclic) bond motifs is 2. The number of aliphatic hydroxyl groups excluding tert-OH is 1. The van der Waals surface area contributed by atoms with Crippen molar-refractivity contribution >= 4 is 28.4 Å². The highest BCUT2D eigenvalue weighted by Gasteiger charge is 2.41. The van der Waals surface area contributed by atoms with Crippen molar-refractivity contribution in [3.05, 3.63) is 101 Å². The van der Waals surface area contributed by atoms with E-state index in [1.165, 1.54) is 5.56 Å². The van der Waals surface area contributed by atoms with Crippen LogP contribution in [0.15, 0.2) is 89.5 Å². The summed E-state index contributed by atoms with van der Waals surface area (Å²) in [5.74, 6) is -0.0579. The van der Waals surface area contributed by atoms with Gasteiger partial charge in [-0.25, -0.2) is 4.57 Å². The van der Waals surface area contributed by atoms with Crippen molar-refractivity contribution in [2.24, 2.45) is 7.05 Å². The number of nitrogens with zero attached hydrogens (tertiary/aromatic N) is 2. The van der Waals surface area contributed by atoms with Crippen LogP contribution in [0.4, 0.5) is 5.69 Å². The predicted octanol–water partition coefficient (Wildman–Crippen LogP) is 4.75. The quantitative estimate of drug-likeness (QED) is 0.491. The third-order valence-corrected chi connectivity index (χ3v) is 6.59. The number of benzene rings is 2. The van der Waals surface area contributed by atoms with E-state index in [0.29, 0.717) is 11.1 Å². The van der Waals surface area contributed by atoms with Crippen LogP contribution in [0.3, 0.4) is 0 Å². The lowest BCUT2D eigenvalue weighted by Gasteiger charge is -2.27. The van der Waals surface area contributed by atoms with E-state index in [2.05, 4.69) is 30.9 Å². The Labute approximate surface area is 182 Å². The average molecular weight is 410 g/mol. The second-order valence-corrected chi connectivity index (χ2v) is 8.78. The molecule has 1 aliphatic heterocycles. The van der Waals surface area contributed by atoms with Crippen molar-refractivity contribution in [2.45, 2.75) is 19.3 Å². The Hall–Kier alpha value is -3.66. The monoisotopic (exact) mass is 409 g/mol. The Morgan fingerprint density at radius 3 is 2.45 bits per heavy atom. The van der Waals surface area contributed by atoms with Gasteiger partial charge in [0.1, 0.15) is 12.8 Å². The molecule has 0 amide bonds. The summed E-state index contributed by atoms with van der Waals surface area (Å²) in [5.41, 5.74) is 5.83. The molecule has 0 saturated carbocycles. The van der Waals surface area contributed by atoms with Crippen LogP contribution >= 0.6 is 0 Å². The van der Waals surface area contributed by atoms with Gasteiger partial charge < -0.3 is 10.0 Å². The summed E-state index contributed by atoms with van der Waals surface area (Å²) in [6, 6.07) is 18.3. The van der Waals surface area contributed by atoms with Crippen molar-refractivity contribution in [2.75, 3.05) is 11.9 Å². The van der Waals surface area contributed by atoms with Crippen LogP contribution in [0.2, 0.25) is 0 Å². The van der Waals surface area contributed by atoms with Crippen LogP contribution in [0.1, 0.15) is 25.0 Å². The minimum Gasteiger partial charge on any atom is -0.506 e. The molecule has 31 heavy (non-hydrogen) atoms. The molecule has 0 spiro atoms. The maximum Gasteiger partial charge on any atom is 0.212 e. The summed E-state index contributed by atoms with van der Waals surface area (Å²) >= 11 is 0. The number of carbonyl (C=O) groups excluding carboxylic acids is 1. The zero-order valence-corrected chi connectivity index (χ0v) is 18.2.